The van der Waals surface area contributed by atoms with Crippen LogP contribution >= 0.6 is 11.6 Å². The first-order valence-corrected chi connectivity index (χ1v) is 7.83. The van der Waals surface area contributed by atoms with Crippen molar-refractivity contribution >= 4 is 17.6 Å². The SMILES string of the molecule is Cc1ccccc1OC[C@H](O)COC(=O)COc1ccc(Cl)cc1. The minimum Gasteiger partial charge on any atom is -0.490 e. The predicted octanol–water partition coefficient (Wildman–Crippen LogP) is 3.01. The quantitative estimate of drug-likeness (QED) is 0.741. The van der Waals surface area contributed by atoms with Gasteiger partial charge in [-0.15, -0.1) is 0 Å². The molecule has 6 heteroatoms. The molecule has 5 nitrogen and oxygen atoms in total. The van der Waals surface area contributed by atoms with Gasteiger partial charge in [0.2, 0.25) is 0 Å². The van der Waals surface area contributed by atoms with Crippen LogP contribution in [0.5, 0.6) is 11.5 Å². The molecule has 0 aromatic heterocycles. The van der Waals surface area contributed by atoms with Gasteiger partial charge in [0.25, 0.3) is 0 Å². The summed E-state index contributed by atoms with van der Waals surface area (Å²) in [5, 5.41) is 10.4. The molecule has 0 aliphatic heterocycles. The van der Waals surface area contributed by atoms with Crippen molar-refractivity contribution in [2.24, 2.45) is 0 Å². The van der Waals surface area contributed by atoms with E-state index in [2.05, 4.69) is 0 Å². The normalized spacial score (nSPS) is 11.6. The number of hydrogen-bond acceptors (Lipinski definition) is 5. The first kappa shape index (κ1) is 18.1. The summed E-state index contributed by atoms with van der Waals surface area (Å²) in [6.07, 6.45) is -0.913. The lowest BCUT2D eigenvalue weighted by molar-refractivity contribution is -0.149. The van der Waals surface area contributed by atoms with E-state index in [-0.39, 0.29) is 19.8 Å². The van der Waals surface area contributed by atoms with Gasteiger partial charge in [-0.2, -0.15) is 0 Å². The van der Waals surface area contributed by atoms with Crippen LogP contribution in [0.25, 0.3) is 0 Å². The van der Waals surface area contributed by atoms with Gasteiger partial charge in [0.1, 0.15) is 30.8 Å². The van der Waals surface area contributed by atoms with E-state index >= 15 is 0 Å². The van der Waals surface area contributed by atoms with Crippen LogP contribution in [0.2, 0.25) is 5.02 Å². The van der Waals surface area contributed by atoms with Crippen molar-refractivity contribution in [2.75, 3.05) is 19.8 Å². The minimum atomic E-state index is -0.913. The van der Waals surface area contributed by atoms with Crippen molar-refractivity contribution in [1.82, 2.24) is 0 Å². The van der Waals surface area contributed by atoms with Crippen molar-refractivity contribution in [3.05, 3.63) is 59.1 Å². The molecule has 0 bridgehead atoms. The molecule has 0 radical (unpaired) electrons. The Morgan fingerprint density at radius 3 is 2.50 bits per heavy atom. The number of carbonyl (C=O) groups excluding carboxylic acids is 1. The predicted molar refractivity (Wildman–Crippen MR) is 90.6 cm³/mol. The number of halogens is 1. The third kappa shape index (κ3) is 6.10. The maximum atomic E-state index is 11.6. The van der Waals surface area contributed by atoms with Crippen LogP contribution in [0.1, 0.15) is 5.56 Å². The van der Waals surface area contributed by atoms with E-state index in [1.54, 1.807) is 24.3 Å². The standard InChI is InChI=1S/C18H19ClO5/c1-13-4-2-3-5-17(13)23-10-15(20)11-24-18(21)12-22-16-8-6-14(19)7-9-16/h2-9,15,20H,10-12H2,1H3/t15-/m0/s1. The molecule has 0 spiro atoms. The Bertz CT molecular complexity index is 657. The minimum absolute atomic E-state index is 0.0379. The average molecular weight is 351 g/mol. The summed E-state index contributed by atoms with van der Waals surface area (Å²) in [7, 11) is 0. The van der Waals surface area contributed by atoms with Crippen LogP contribution < -0.4 is 9.47 Å². The number of para-hydroxylation sites is 1. The fourth-order valence-electron chi connectivity index (χ4n) is 1.86. The number of aliphatic hydroxyl groups is 1. The van der Waals surface area contributed by atoms with Crippen molar-refractivity contribution in [3.63, 3.8) is 0 Å². The van der Waals surface area contributed by atoms with Gasteiger partial charge in [-0.25, -0.2) is 4.79 Å². The first-order chi connectivity index (χ1) is 11.5. The van der Waals surface area contributed by atoms with Crippen molar-refractivity contribution in [2.45, 2.75) is 13.0 Å². The number of aliphatic hydroxyl groups excluding tert-OH is 1. The van der Waals surface area contributed by atoms with E-state index in [9.17, 15) is 9.90 Å². The van der Waals surface area contributed by atoms with E-state index in [0.717, 1.165) is 5.56 Å². The molecule has 0 amide bonds. The van der Waals surface area contributed by atoms with E-state index in [1.807, 2.05) is 31.2 Å². The summed E-state index contributed by atoms with van der Waals surface area (Å²) >= 11 is 5.76. The van der Waals surface area contributed by atoms with Gasteiger partial charge in [0, 0.05) is 5.02 Å². The third-order valence-electron chi connectivity index (χ3n) is 3.13. The molecule has 0 saturated heterocycles. The van der Waals surface area contributed by atoms with Crippen LogP contribution in [0.4, 0.5) is 0 Å². The van der Waals surface area contributed by atoms with Crippen molar-refractivity contribution in [3.8, 4) is 11.5 Å². The molecule has 1 atom stereocenters. The smallest absolute Gasteiger partial charge is 0.344 e. The van der Waals surface area contributed by atoms with Gasteiger partial charge >= 0.3 is 5.97 Å². The Hall–Kier alpha value is -2.24. The Labute approximate surface area is 145 Å². The molecule has 2 aromatic rings. The topological polar surface area (TPSA) is 65.0 Å². The summed E-state index contributed by atoms with van der Waals surface area (Å²) in [5.41, 5.74) is 0.970. The van der Waals surface area contributed by atoms with Gasteiger partial charge < -0.3 is 19.3 Å². The molecule has 0 aliphatic rings. The molecule has 128 valence electrons. The highest BCUT2D eigenvalue weighted by molar-refractivity contribution is 6.30. The van der Waals surface area contributed by atoms with E-state index in [1.165, 1.54) is 0 Å². The zero-order chi connectivity index (χ0) is 17.4. The van der Waals surface area contributed by atoms with Gasteiger partial charge in [-0.05, 0) is 42.8 Å². The molecule has 0 saturated carbocycles. The second-order valence-corrected chi connectivity index (χ2v) is 5.59. The van der Waals surface area contributed by atoms with Gasteiger partial charge in [-0.1, -0.05) is 29.8 Å². The maximum absolute atomic E-state index is 11.6. The Kier molecular flexibility index (Phi) is 6.90. The lowest BCUT2D eigenvalue weighted by atomic mass is 10.2. The molecule has 0 aliphatic carbocycles. The Morgan fingerprint density at radius 1 is 1.08 bits per heavy atom. The summed E-state index contributed by atoms with van der Waals surface area (Å²) in [5.74, 6) is 0.633. The fourth-order valence-corrected chi connectivity index (χ4v) is 1.98. The summed E-state index contributed by atoms with van der Waals surface area (Å²) in [6, 6.07) is 14.1. The number of aryl methyl sites for hydroxylation is 1. The van der Waals surface area contributed by atoms with Crippen LogP contribution in [0, 0.1) is 6.92 Å². The molecule has 24 heavy (non-hydrogen) atoms. The Balaban J connectivity index is 1.65. The second-order valence-electron chi connectivity index (χ2n) is 5.16. The van der Waals surface area contributed by atoms with Gasteiger partial charge in [0.15, 0.2) is 6.61 Å². The zero-order valence-electron chi connectivity index (χ0n) is 13.3. The number of esters is 1. The number of carbonyl (C=O) groups is 1. The average Bonchev–Trinajstić information content (AvgIpc) is 2.58. The number of hydrogen-bond donors (Lipinski definition) is 1. The molecule has 0 fully saturated rings. The largest absolute Gasteiger partial charge is 0.490 e. The highest BCUT2D eigenvalue weighted by atomic mass is 35.5. The number of ether oxygens (including phenoxy) is 3. The summed E-state index contributed by atoms with van der Waals surface area (Å²) in [6.45, 7) is 1.55. The van der Waals surface area contributed by atoms with Crippen molar-refractivity contribution < 1.29 is 24.1 Å². The fraction of sp³-hybridized carbons (Fsp3) is 0.278. The van der Waals surface area contributed by atoms with E-state index < -0.39 is 12.1 Å². The van der Waals surface area contributed by atoms with Crippen molar-refractivity contribution in [1.29, 1.82) is 0 Å². The van der Waals surface area contributed by atoms with E-state index in [0.29, 0.717) is 16.5 Å². The third-order valence-corrected chi connectivity index (χ3v) is 3.38. The van der Waals surface area contributed by atoms with Crippen LogP contribution in [0.15, 0.2) is 48.5 Å². The number of benzene rings is 2. The molecular weight excluding hydrogens is 332 g/mol. The molecule has 0 heterocycles. The highest BCUT2D eigenvalue weighted by Gasteiger charge is 2.11. The first-order valence-electron chi connectivity index (χ1n) is 7.45. The Morgan fingerprint density at radius 2 is 1.79 bits per heavy atom. The lowest BCUT2D eigenvalue weighted by Crippen LogP contribution is -2.27. The van der Waals surface area contributed by atoms with Gasteiger partial charge in [-0.3, -0.25) is 0 Å². The van der Waals surface area contributed by atoms with Crippen LogP contribution in [0.3, 0.4) is 0 Å². The molecule has 2 rings (SSSR count). The van der Waals surface area contributed by atoms with Gasteiger partial charge in [0.05, 0.1) is 0 Å². The maximum Gasteiger partial charge on any atom is 0.344 e. The monoisotopic (exact) mass is 350 g/mol. The summed E-state index contributed by atoms with van der Waals surface area (Å²) < 4.78 is 15.7. The number of rotatable bonds is 8. The lowest BCUT2D eigenvalue weighted by Gasteiger charge is -2.14. The zero-order valence-corrected chi connectivity index (χ0v) is 14.0. The molecule has 2 aromatic carbocycles. The molecule has 1 N–H and O–H groups in total. The molecule has 0 unspecified atom stereocenters. The molecular formula is C18H19ClO5. The van der Waals surface area contributed by atoms with E-state index in [4.69, 9.17) is 25.8 Å². The van der Waals surface area contributed by atoms with Crippen LogP contribution in [-0.4, -0.2) is 37.0 Å². The highest BCUT2D eigenvalue weighted by Crippen LogP contribution is 2.16. The van der Waals surface area contributed by atoms with Crippen LogP contribution in [-0.2, 0) is 9.53 Å². The summed E-state index contributed by atoms with van der Waals surface area (Å²) in [4.78, 5) is 11.6. The second kappa shape index (κ2) is 9.15.